The summed E-state index contributed by atoms with van der Waals surface area (Å²) in [5, 5.41) is 16.1. The molecule has 0 aliphatic heterocycles. The maximum Gasteiger partial charge on any atom is 0.187 e. The van der Waals surface area contributed by atoms with E-state index in [1.807, 2.05) is 60.8 Å². The number of nitrogens with zero attached hydrogens (tertiary/aromatic N) is 5. The van der Waals surface area contributed by atoms with Crippen molar-refractivity contribution in [1.29, 1.82) is 0 Å². The second kappa shape index (κ2) is 7.93. The van der Waals surface area contributed by atoms with Gasteiger partial charge in [0.05, 0.1) is 31.2 Å². The lowest BCUT2D eigenvalue weighted by Crippen LogP contribution is -2.05. The Hall–Kier alpha value is -3.98. The number of nitrogens with two attached hydrogens (primary N) is 1. The third kappa shape index (κ3) is 3.23. The fourth-order valence-electron chi connectivity index (χ4n) is 3.63. The van der Waals surface area contributed by atoms with Gasteiger partial charge >= 0.3 is 0 Å². The van der Waals surface area contributed by atoms with E-state index in [2.05, 4.69) is 15.3 Å². The Labute approximate surface area is 188 Å². The minimum Gasteiger partial charge on any atom is -0.493 e. The Morgan fingerprint density at radius 2 is 1.72 bits per heavy atom. The Morgan fingerprint density at radius 1 is 0.938 bits per heavy atom. The van der Waals surface area contributed by atoms with E-state index >= 15 is 0 Å². The Kier molecular flexibility index (Phi) is 4.95. The topological polar surface area (TPSA) is 100 Å². The number of benzene rings is 2. The summed E-state index contributed by atoms with van der Waals surface area (Å²) in [6, 6.07) is 15.6. The largest absolute Gasteiger partial charge is 0.493 e. The maximum absolute atomic E-state index is 6.47. The van der Waals surface area contributed by atoms with Crippen LogP contribution in [0.2, 0.25) is 0 Å². The number of hydrogen-bond acceptors (Lipinski definition) is 8. The van der Waals surface area contributed by atoms with Crippen LogP contribution in [-0.4, -0.2) is 39.0 Å². The molecule has 5 rings (SSSR count). The molecular formula is C23H20N6O2S. The summed E-state index contributed by atoms with van der Waals surface area (Å²) >= 11 is 1.44. The fraction of sp³-hybridized carbons (Fsp3) is 0.130. The van der Waals surface area contributed by atoms with E-state index in [4.69, 9.17) is 20.2 Å². The van der Waals surface area contributed by atoms with Gasteiger partial charge in [0, 0.05) is 10.9 Å². The Bertz CT molecular complexity index is 1430. The van der Waals surface area contributed by atoms with E-state index < -0.39 is 0 Å². The van der Waals surface area contributed by atoms with Crippen molar-refractivity contribution in [1.82, 2.24) is 24.8 Å². The number of nitrogen functional groups attached to an aromatic ring is 1. The minimum absolute atomic E-state index is 0.397. The van der Waals surface area contributed by atoms with Gasteiger partial charge in [-0.1, -0.05) is 30.3 Å². The lowest BCUT2D eigenvalue weighted by atomic mass is 10.1. The summed E-state index contributed by atoms with van der Waals surface area (Å²) in [5.41, 5.74) is 12.0. The van der Waals surface area contributed by atoms with E-state index in [1.165, 1.54) is 11.3 Å². The zero-order valence-electron chi connectivity index (χ0n) is 17.7. The molecule has 2 aromatic carbocycles. The van der Waals surface area contributed by atoms with E-state index in [0.29, 0.717) is 33.7 Å². The van der Waals surface area contributed by atoms with Gasteiger partial charge in [0.1, 0.15) is 5.01 Å². The van der Waals surface area contributed by atoms with Crippen LogP contribution in [0.4, 0.5) is 5.82 Å². The monoisotopic (exact) mass is 444 g/mol. The van der Waals surface area contributed by atoms with Crippen LogP contribution in [0.3, 0.4) is 0 Å². The third-order valence-electron chi connectivity index (χ3n) is 5.20. The first-order valence-electron chi connectivity index (χ1n) is 9.86. The highest BCUT2D eigenvalue weighted by Gasteiger charge is 2.20. The molecule has 0 amide bonds. The molecule has 2 N–H and O–H groups in total. The van der Waals surface area contributed by atoms with Gasteiger partial charge in [-0.15, -0.1) is 21.5 Å². The van der Waals surface area contributed by atoms with Crippen molar-refractivity contribution in [3.05, 3.63) is 59.6 Å². The molecule has 9 heteroatoms. The first-order valence-corrected chi connectivity index (χ1v) is 10.7. The number of rotatable bonds is 5. The third-order valence-corrected chi connectivity index (χ3v) is 6.05. The Balaban J connectivity index is 1.57. The molecule has 0 saturated heterocycles. The standard InChI is InChI=1S/C23H20N6O2S/c1-13-19(14-7-5-4-6-8-14)22-27-26-20(21(24)29(22)28-13)23-25-16(12-32-23)15-9-10-17(30-2)18(11-15)31-3/h4-12H,24H2,1-3H3. The molecule has 0 fully saturated rings. The first kappa shape index (κ1) is 20.0. The van der Waals surface area contributed by atoms with Crippen LogP contribution < -0.4 is 15.2 Å². The molecule has 3 aromatic heterocycles. The van der Waals surface area contributed by atoms with Gasteiger partial charge in [-0.05, 0) is 30.7 Å². The maximum atomic E-state index is 6.47. The molecular weight excluding hydrogens is 424 g/mol. The zero-order valence-corrected chi connectivity index (χ0v) is 18.6. The predicted octanol–water partition coefficient (Wildman–Crippen LogP) is 4.49. The van der Waals surface area contributed by atoms with Gasteiger partial charge in [-0.2, -0.15) is 9.61 Å². The lowest BCUT2D eigenvalue weighted by Gasteiger charge is -2.08. The number of ether oxygens (including phenoxy) is 2. The molecule has 0 spiro atoms. The van der Waals surface area contributed by atoms with Gasteiger partial charge in [0.25, 0.3) is 0 Å². The molecule has 0 atom stereocenters. The molecule has 0 bridgehead atoms. The van der Waals surface area contributed by atoms with Crippen LogP contribution in [0.5, 0.6) is 11.5 Å². The second-order valence-corrected chi connectivity index (χ2v) is 7.96. The van der Waals surface area contributed by atoms with Gasteiger partial charge in [-0.3, -0.25) is 0 Å². The number of hydrogen-bond donors (Lipinski definition) is 1. The van der Waals surface area contributed by atoms with Gasteiger partial charge < -0.3 is 15.2 Å². The quantitative estimate of drug-likeness (QED) is 0.426. The summed E-state index contributed by atoms with van der Waals surface area (Å²) in [4.78, 5) is 4.74. The smallest absolute Gasteiger partial charge is 0.187 e. The van der Waals surface area contributed by atoms with Gasteiger partial charge in [0.15, 0.2) is 28.7 Å². The van der Waals surface area contributed by atoms with Crippen LogP contribution in [0, 0.1) is 6.92 Å². The van der Waals surface area contributed by atoms with Crippen LogP contribution in [0.1, 0.15) is 5.69 Å². The van der Waals surface area contributed by atoms with E-state index in [9.17, 15) is 0 Å². The molecule has 0 aliphatic carbocycles. The highest BCUT2D eigenvalue weighted by Crippen LogP contribution is 2.36. The number of fused-ring (bicyclic) bond motifs is 1. The lowest BCUT2D eigenvalue weighted by molar-refractivity contribution is 0.355. The first-order chi connectivity index (χ1) is 15.6. The van der Waals surface area contributed by atoms with Crippen molar-refractivity contribution in [3.8, 4) is 44.6 Å². The van der Waals surface area contributed by atoms with Crippen molar-refractivity contribution in [2.24, 2.45) is 0 Å². The van der Waals surface area contributed by atoms with Crippen molar-refractivity contribution in [2.75, 3.05) is 20.0 Å². The Morgan fingerprint density at radius 3 is 2.47 bits per heavy atom. The molecule has 0 unspecified atom stereocenters. The van der Waals surface area contributed by atoms with Gasteiger partial charge in [-0.25, -0.2) is 4.98 Å². The highest BCUT2D eigenvalue weighted by molar-refractivity contribution is 7.13. The predicted molar refractivity (Wildman–Crippen MR) is 125 cm³/mol. The fourth-order valence-corrected chi connectivity index (χ4v) is 4.45. The van der Waals surface area contributed by atoms with Crippen molar-refractivity contribution in [2.45, 2.75) is 6.92 Å². The van der Waals surface area contributed by atoms with Crippen LogP contribution >= 0.6 is 11.3 Å². The average Bonchev–Trinajstić information content (AvgIpc) is 3.44. The summed E-state index contributed by atoms with van der Waals surface area (Å²) in [6.45, 7) is 1.94. The zero-order chi connectivity index (χ0) is 22.2. The molecule has 0 radical (unpaired) electrons. The van der Waals surface area contributed by atoms with Crippen LogP contribution in [-0.2, 0) is 0 Å². The summed E-state index contributed by atoms with van der Waals surface area (Å²) < 4.78 is 12.4. The van der Waals surface area contributed by atoms with Crippen molar-refractivity contribution < 1.29 is 9.47 Å². The number of methoxy groups -OCH3 is 2. The van der Waals surface area contributed by atoms with E-state index in [0.717, 1.165) is 28.1 Å². The number of aromatic nitrogens is 5. The number of anilines is 1. The summed E-state index contributed by atoms with van der Waals surface area (Å²) in [6.07, 6.45) is 0. The highest BCUT2D eigenvalue weighted by atomic mass is 32.1. The molecule has 3 heterocycles. The molecule has 8 nitrogen and oxygen atoms in total. The van der Waals surface area contributed by atoms with Crippen LogP contribution in [0.15, 0.2) is 53.9 Å². The van der Waals surface area contributed by atoms with E-state index in [-0.39, 0.29) is 0 Å². The summed E-state index contributed by atoms with van der Waals surface area (Å²) in [7, 11) is 3.21. The number of thiazole rings is 1. The van der Waals surface area contributed by atoms with Crippen molar-refractivity contribution >= 4 is 22.8 Å². The summed E-state index contributed by atoms with van der Waals surface area (Å²) in [5.74, 6) is 1.70. The van der Waals surface area contributed by atoms with Crippen LogP contribution in [0.25, 0.3) is 38.7 Å². The molecule has 0 aliphatic rings. The van der Waals surface area contributed by atoms with Gasteiger partial charge in [0.2, 0.25) is 0 Å². The SMILES string of the molecule is COc1ccc(-c2csc(-c3nnc4c(-c5ccccc5)c(C)nn4c3N)n2)cc1OC. The molecule has 32 heavy (non-hydrogen) atoms. The minimum atomic E-state index is 0.397. The number of aryl methyl sites for hydroxylation is 1. The average molecular weight is 445 g/mol. The molecule has 160 valence electrons. The normalized spacial score (nSPS) is 11.1. The molecule has 5 aromatic rings. The molecule has 0 saturated carbocycles. The second-order valence-electron chi connectivity index (χ2n) is 7.10. The van der Waals surface area contributed by atoms with E-state index in [1.54, 1.807) is 18.7 Å². The van der Waals surface area contributed by atoms with Crippen molar-refractivity contribution in [3.63, 3.8) is 0 Å².